The monoisotopic (exact) mass is 676 g/mol. The Morgan fingerprint density at radius 3 is 2.42 bits per heavy atom. The van der Waals surface area contributed by atoms with E-state index in [0.717, 1.165) is 19.0 Å². The topological polar surface area (TPSA) is 67.9 Å². The molecule has 0 aromatic heterocycles. The molecule has 33 heavy (non-hydrogen) atoms. The molecule has 11 heteroatoms. The Hall–Kier alpha value is -1.40. The van der Waals surface area contributed by atoms with Gasteiger partial charge in [0, 0.05) is 26.4 Å². The molecule has 0 saturated carbocycles. The van der Waals surface area contributed by atoms with E-state index in [0.29, 0.717) is 39.4 Å². The number of methoxy groups -OCH3 is 2. The average molecular weight is 679 g/mol. The highest BCUT2D eigenvalue weighted by molar-refractivity contribution is 9.11. The number of hydrogen-bond acceptors (Lipinski definition) is 6. The van der Waals surface area contributed by atoms with Gasteiger partial charge in [-0.2, -0.15) is 0 Å². The van der Waals surface area contributed by atoms with E-state index in [4.69, 9.17) is 21.7 Å². The van der Waals surface area contributed by atoms with Crippen LogP contribution in [0.2, 0.25) is 0 Å². The molecule has 0 bridgehead atoms. The number of amides is 2. The van der Waals surface area contributed by atoms with Crippen molar-refractivity contribution in [3.05, 3.63) is 54.2 Å². The summed E-state index contributed by atoms with van der Waals surface area (Å²) < 4.78 is 13.4. The minimum absolute atomic E-state index is 0.148. The minimum atomic E-state index is -0.168. The number of hydrogen-bond donors (Lipinski definition) is 1. The molecule has 0 aliphatic carbocycles. The summed E-state index contributed by atoms with van der Waals surface area (Å²) in [4.78, 5) is 27.3. The fraction of sp³-hybridized carbons (Fsp3) is 0.227. The molecule has 1 N–H and O–H groups in total. The van der Waals surface area contributed by atoms with Crippen LogP contribution in [0.15, 0.2) is 48.7 Å². The first-order valence-corrected chi connectivity index (χ1v) is 13.3. The van der Waals surface area contributed by atoms with Crippen LogP contribution in [-0.2, 0) is 9.59 Å². The molecule has 1 heterocycles. The highest BCUT2D eigenvalue weighted by Crippen LogP contribution is 2.36. The molecule has 1 aliphatic heterocycles. The second-order valence-electron chi connectivity index (χ2n) is 6.84. The molecule has 1 saturated heterocycles. The van der Waals surface area contributed by atoms with Crippen molar-refractivity contribution in [3.8, 4) is 11.5 Å². The first kappa shape index (κ1) is 26.2. The lowest BCUT2D eigenvalue weighted by molar-refractivity contribution is -0.122. The van der Waals surface area contributed by atoms with Crippen molar-refractivity contribution < 1.29 is 19.1 Å². The lowest BCUT2D eigenvalue weighted by Crippen LogP contribution is -2.29. The van der Waals surface area contributed by atoms with Crippen molar-refractivity contribution in [2.75, 3.05) is 26.1 Å². The predicted octanol–water partition coefficient (Wildman–Crippen LogP) is 6.61. The number of rotatable bonds is 8. The Morgan fingerprint density at radius 1 is 1.12 bits per heavy atom. The summed E-state index contributed by atoms with van der Waals surface area (Å²) in [5, 5.41) is 2.89. The number of carbonyl (C=O) groups is 2. The quantitative estimate of drug-likeness (QED) is 0.250. The third kappa shape index (κ3) is 6.60. The molecule has 0 radical (unpaired) electrons. The molecule has 1 fully saturated rings. The molecule has 0 spiro atoms. The van der Waals surface area contributed by atoms with E-state index in [-0.39, 0.29) is 18.2 Å². The van der Waals surface area contributed by atoms with Gasteiger partial charge in [-0.1, -0.05) is 46.0 Å². The highest BCUT2D eigenvalue weighted by atomic mass is 79.9. The maximum absolute atomic E-state index is 12.9. The first-order valence-electron chi connectivity index (χ1n) is 9.65. The van der Waals surface area contributed by atoms with Crippen molar-refractivity contribution in [2.45, 2.75) is 12.8 Å². The number of anilines is 1. The van der Waals surface area contributed by atoms with Gasteiger partial charge in [0.1, 0.15) is 4.32 Å². The number of ether oxygens (including phenoxy) is 2. The van der Waals surface area contributed by atoms with Crippen LogP contribution in [0.3, 0.4) is 0 Å². The van der Waals surface area contributed by atoms with Crippen LogP contribution in [0.5, 0.6) is 11.5 Å². The van der Waals surface area contributed by atoms with Gasteiger partial charge >= 0.3 is 0 Å². The second kappa shape index (κ2) is 11.8. The average Bonchev–Trinajstić information content (AvgIpc) is 3.03. The molecule has 6 nitrogen and oxygen atoms in total. The number of carbonyl (C=O) groups excluding carboxylic acids is 2. The van der Waals surface area contributed by atoms with Gasteiger partial charge in [-0.3, -0.25) is 14.5 Å². The standard InChI is InChI=1S/C22H19Br3N2O4S2/c1-30-16-6-5-12(8-17(16)31-2)9-18-21(29)27(22(32)33-18)7-3-4-19(28)26-20-14(24)10-13(23)11-15(20)25/h5-6,8-11H,3-4,7H2,1-2H3,(H,26,28). The largest absolute Gasteiger partial charge is 0.493 e. The molecule has 1 aliphatic rings. The van der Waals surface area contributed by atoms with Crippen LogP contribution >= 0.6 is 71.8 Å². The fourth-order valence-corrected chi connectivity index (χ4v) is 6.81. The van der Waals surface area contributed by atoms with E-state index in [1.165, 1.54) is 16.7 Å². The smallest absolute Gasteiger partial charge is 0.266 e. The molecule has 2 aromatic carbocycles. The summed E-state index contributed by atoms with van der Waals surface area (Å²) in [5.41, 5.74) is 1.46. The lowest BCUT2D eigenvalue weighted by Gasteiger charge is -2.15. The van der Waals surface area contributed by atoms with Crippen LogP contribution in [0, 0.1) is 0 Å². The van der Waals surface area contributed by atoms with Crippen LogP contribution in [0.4, 0.5) is 5.69 Å². The van der Waals surface area contributed by atoms with Gasteiger partial charge in [0.15, 0.2) is 11.5 Å². The van der Waals surface area contributed by atoms with Gasteiger partial charge < -0.3 is 14.8 Å². The molecule has 2 amide bonds. The summed E-state index contributed by atoms with van der Waals surface area (Å²) in [6, 6.07) is 9.13. The minimum Gasteiger partial charge on any atom is -0.493 e. The van der Waals surface area contributed by atoms with Gasteiger partial charge in [0.2, 0.25) is 5.91 Å². The van der Waals surface area contributed by atoms with Gasteiger partial charge in [-0.15, -0.1) is 0 Å². The van der Waals surface area contributed by atoms with Crippen molar-refractivity contribution >= 4 is 99.7 Å². The second-order valence-corrected chi connectivity index (χ2v) is 11.1. The molecule has 3 rings (SSSR count). The number of nitrogens with zero attached hydrogens (tertiary/aromatic N) is 1. The molecular weight excluding hydrogens is 660 g/mol. The summed E-state index contributed by atoms with van der Waals surface area (Å²) in [6.07, 6.45) is 2.50. The highest BCUT2D eigenvalue weighted by Gasteiger charge is 2.31. The van der Waals surface area contributed by atoms with E-state index >= 15 is 0 Å². The van der Waals surface area contributed by atoms with Crippen molar-refractivity contribution in [1.82, 2.24) is 4.90 Å². The number of thioether (sulfide) groups is 1. The summed E-state index contributed by atoms with van der Waals surface area (Å²) in [6.45, 7) is 0.365. The van der Waals surface area contributed by atoms with Crippen LogP contribution in [-0.4, -0.2) is 41.8 Å². The number of thiocarbonyl (C=S) groups is 1. The van der Waals surface area contributed by atoms with Crippen LogP contribution < -0.4 is 14.8 Å². The first-order chi connectivity index (χ1) is 15.7. The molecular formula is C22H19Br3N2O4S2. The summed E-state index contributed by atoms with van der Waals surface area (Å²) in [5.74, 6) is 0.878. The van der Waals surface area contributed by atoms with E-state index in [1.54, 1.807) is 32.4 Å². The lowest BCUT2D eigenvalue weighted by atomic mass is 10.2. The summed E-state index contributed by atoms with van der Waals surface area (Å²) >= 11 is 16.9. The van der Waals surface area contributed by atoms with Gasteiger partial charge in [0.05, 0.1) is 24.8 Å². The molecule has 0 atom stereocenters. The zero-order valence-electron chi connectivity index (χ0n) is 17.6. The fourth-order valence-electron chi connectivity index (χ4n) is 3.05. The van der Waals surface area contributed by atoms with Gasteiger partial charge in [-0.25, -0.2) is 0 Å². The van der Waals surface area contributed by atoms with E-state index in [9.17, 15) is 9.59 Å². The Morgan fingerprint density at radius 2 is 1.79 bits per heavy atom. The maximum Gasteiger partial charge on any atom is 0.266 e. The zero-order valence-corrected chi connectivity index (χ0v) is 24.0. The van der Waals surface area contributed by atoms with E-state index in [2.05, 4.69) is 53.1 Å². The Labute approximate surface area is 226 Å². The SMILES string of the molecule is COc1ccc(C=C2SC(=S)N(CCCC(=O)Nc3c(Br)cc(Br)cc3Br)C2=O)cc1OC. The van der Waals surface area contributed by atoms with Crippen molar-refractivity contribution in [2.24, 2.45) is 0 Å². The van der Waals surface area contributed by atoms with E-state index < -0.39 is 0 Å². The maximum atomic E-state index is 12.9. The van der Waals surface area contributed by atoms with Crippen LogP contribution in [0.1, 0.15) is 18.4 Å². The van der Waals surface area contributed by atoms with Crippen LogP contribution in [0.25, 0.3) is 6.08 Å². The van der Waals surface area contributed by atoms with Crippen molar-refractivity contribution in [3.63, 3.8) is 0 Å². The van der Waals surface area contributed by atoms with Gasteiger partial charge in [-0.05, 0) is 74.2 Å². The number of nitrogens with one attached hydrogen (secondary N) is 1. The predicted molar refractivity (Wildman–Crippen MR) is 147 cm³/mol. The summed E-state index contributed by atoms with van der Waals surface area (Å²) in [7, 11) is 3.13. The zero-order chi connectivity index (χ0) is 24.1. The number of benzene rings is 2. The molecule has 174 valence electrons. The number of halogens is 3. The van der Waals surface area contributed by atoms with E-state index in [1.807, 2.05) is 18.2 Å². The molecule has 2 aromatic rings. The third-order valence-electron chi connectivity index (χ3n) is 4.64. The Balaban J connectivity index is 1.59. The molecule has 0 unspecified atom stereocenters. The third-order valence-corrected chi connectivity index (χ3v) is 7.72. The van der Waals surface area contributed by atoms with Crippen molar-refractivity contribution in [1.29, 1.82) is 0 Å². The van der Waals surface area contributed by atoms with Gasteiger partial charge in [0.25, 0.3) is 5.91 Å². The normalized spacial score (nSPS) is 14.7. The Bertz CT molecular complexity index is 1120. The Kier molecular flexibility index (Phi) is 9.40.